The first-order valence-corrected chi connectivity index (χ1v) is 41.9. The second kappa shape index (κ2) is 65.7. The lowest BCUT2D eigenvalue weighted by Crippen LogP contribution is -2.30. The third-order valence-electron chi connectivity index (χ3n) is 18.1. The summed E-state index contributed by atoms with van der Waals surface area (Å²) in [5.41, 5.74) is 0. The first-order valence-electron chi connectivity index (χ1n) is 38.9. The quantitative estimate of drug-likeness (QED) is 0.0222. The Hall–Kier alpha value is -1.94. The zero-order chi connectivity index (χ0) is 69.4. The highest BCUT2D eigenvalue weighted by molar-refractivity contribution is 7.47. The van der Waals surface area contributed by atoms with E-state index in [0.717, 1.165) is 108 Å². The molecule has 0 aromatic carbocycles. The summed E-state index contributed by atoms with van der Waals surface area (Å²) in [7, 11) is -9.91. The molecule has 94 heavy (non-hydrogen) atoms. The molecular weight excluding hydrogens is 1230 g/mol. The van der Waals surface area contributed by atoms with Crippen molar-refractivity contribution in [2.45, 2.75) is 401 Å². The number of carbonyl (C=O) groups is 4. The first-order chi connectivity index (χ1) is 45.3. The van der Waals surface area contributed by atoms with Crippen molar-refractivity contribution >= 4 is 39.5 Å². The van der Waals surface area contributed by atoms with E-state index in [4.69, 9.17) is 37.0 Å². The predicted octanol–water partition coefficient (Wildman–Crippen LogP) is 21.8. The molecule has 19 heteroatoms. The summed E-state index contributed by atoms with van der Waals surface area (Å²) in [5, 5.41) is 10.6. The van der Waals surface area contributed by atoms with E-state index in [9.17, 15) is 43.2 Å². The van der Waals surface area contributed by atoms with E-state index in [1.165, 1.54) is 193 Å². The van der Waals surface area contributed by atoms with Gasteiger partial charge in [0, 0.05) is 25.7 Å². The highest BCUT2D eigenvalue weighted by atomic mass is 31.2. The zero-order valence-corrected chi connectivity index (χ0v) is 63.2. The Morgan fingerprint density at radius 1 is 0.309 bits per heavy atom. The molecule has 17 nitrogen and oxygen atoms in total. The fourth-order valence-electron chi connectivity index (χ4n) is 11.4. The van der Waals surface area contributed by atoms with Crippen molar-refractivity contribution in [2.24, 2.45) is 17.8 Å². The van der Waals surface area contributed by atoms with Crippen molar-refractivity contribution in [2.75, 3.05) is 39.6 Å². The van der Waals surface area contributed by atoms with Crippen LogP contribution in [0.4, 0.5) is 0 Å². The molecule has 0 bridgehead atoms. The molecule has 3 N–H and O–H groups in total. The van der Waals surface area contributed by atoms with Gasteiger partial charge in [-0.1, -0.05) is 331 Å². The summed E-state index contributed by atoms with van der Waals surface area (Å²) < 4.78 is 68.4. The smallest absolute Gasteiger partial charge is 0.462 e. The monoisotopic (exact) mass is 1380 g/mol. The van der Waals surface area contributed by atoms with E-state index >= 15 is 0 Å². The van der Waals surface area contributed by atoms with Gasteiger partial charge in [0.1, 0.15) is 19.3 Å². The Balaban J connectivity index is 5.23. The largest absolute Gasteiger partial charge is 0.472 e. The molecule has 0 aliphatic heterocycles. The number of esters is 4. The van der Waals surface area contributed by atoms with Crippen LogP contribution in [0.2, 0.25) is 0 Å². The molecule has 0 saturated heterocycles. The maximum atomic E-state index is 13.1. The molecule has 0 amide bonds. The number of rotatable bonds is 73. The van der Waals surface area contributed by atoms with Crippen molar-refractivity contribution in [3.05, 3.63) is 0 Å². The number of aliphatic hydroxyl groups is 1. The molecule has 0 aromatic rings. The van der Waals surface area contributed by atoms with Crippen LogP contribution < -0.4 is 0 Å². The molecule has 558 valence electrons. The summed E-state index contributed by atoms with van der Waals surface area (Å²) in [5.74, 6) is 0.236. The summed E-state index contributed by atoms with van der Waals surface area (Å²) >= 11 is 0. The van der Waals surface area contributed by atoms with Crippen LogP contribution >= 0.6 is 15.6 Å². The van der Waals surface area contributed by atoms with Gasteiger partial charge < -0.3 is 33.8 Å². The van der Waals surface area contributed by atoms with Crippen LogP contribution in [0.25, 0.3) is 0 Å². The zero-order valence-electron chi connectivity index (χ0n) is 61.4. The number of phosphoric acid groups is 2. The third-order valence-corrected chi connectivity index (χ3v) is 20.0. The van der Waals surface area contributed by atoms with Gasteiger partial charge in [0.15, 0.2) is 12.2 Å². The predicted molar refractivity (Wildman–Crippen MR) is 381 cm³/mol. The van der Waals surface area contributed by atoms with Crippen molar-refractivity contribution in [1.29, 1.82) is 0 Å². The molecule has 0 heterocycles. The van der Waals surface area contributed by atoms with Crippen LogP contribution in [0.1, 0.15) is 382 Å². The van der Waals surface area contributed by atoms with Crippen LogP contribution in [0.15, 0.2) is 0 Å². The van der Waals surface area contributed by atoms with E-state index in [2.05, 4.69) is 48.5 Å². The van der Waals surface area contributed by atoms with Gasteiger partial charge in [-0.05, 0) is 43.4 Å². The normalized spacial score (nSPS) is 14.7. The van der Waals surface area contributed by atoms with Crippen LogP contribution in [0.5, 0.6) is 0 Å². The van der Waals surface area contributed by atoms with E-state index in [-0.39, 0.29) is 25.7 Å². The van der Waals surface area contributed by atoms with Crippen LogP contribution in [0.3, 0.4) is 0 Å². The second-order valence-electron chi connectivity index (χ2n) is 28.0. The molecular formula is C75H146O17P2. The van der Waals surface area contributed by atoms with Gasteiger partial charge in [-0.15, -0.1) is 0 Å². The van der Waals surface area contributed by atoms with Gasteiger partial charge in [0.25, 0.3) is 0 Å². The van der Waals surface area contributed by atoms with Crippen LogP contribution in [-0.2, 0) is 65.4 Å². The maximum absolute atomic E-state index is 13.1. The molecule has 7 atom stereocenters. The summed E-state index contributed by atoms with van der Waals surface area (Å²) in [6.07, 6.45) is 51.3. The topological polar surface area (TPSA) is 237 Å². The molecule has 0 radical (unpaired) electrons. The Labute approximate surface area is 575 Å². The number of hydrogen-bond acceptors (Lipinski definition) is 15. The molecule has 0 aliphatic carbocycles. The highest BCUT2D eigenvalue weighted by Gasteiger charge is 2.30. The average molecular weight is 1380 g/mol. The lowest BCUT2D eigenvalue weighted by Gasteiger charge is -2.21. The highest BCUT2D eigenvalue weighted by Crippen LogP contribution is 2.45. The van der Waals surface area contributed by atoms with E-state index in [1.54, 1.807) is 0 Å². The SMILES string of the molecule is CCCCCCCCCCCCC(=O)OC[C@H](COP(=O)(O)OC[C@H](O)COP(=O)(O)OC[C@@H](COC(=O)CCCCCCCCCCCCCCCC(C)C)OC(=O)CCCCCCCCCCCCCCCCC(C)CC)OC(=O)CCCCCCCCC(C)CC. The number of unbranched alkanes of at least 4 members (excludes halogenated alkanes) is 39. The molecule has 0 rings (SSSR count). The number of aliphatic hydroxyl groups excluding tert-OH is 1. The van der Waals surface area contributed by atoms with Gasteiger partial charge >= 0.3 is 39.5 Å². The van der Waals surface area contributed by atoms with Crippen molar-refractivity contribution < 1.29 is 80.2 Å². The van der Waals surface area contributed by atoms with Crippen LogP contribution in [0, 0.1) is 17.8 Å². The van der Waals surface area contributed by atoms with E-state index < -0.39 is 97.5 Å². The van der Waals surface area contributed by atoms with Gasteiger partial charge in [-0.3, -0.25) is 37.3 Å². The number of phosphoric ester groups is 2. The van der Waals surface area contributed by atoms with E-state index in [0.29, 0.717) is 25.7 Å². The molecule has 0 spiro atoms. The van der Waals surface area contributed by atoms with Crippen molar-refractivity contribution in [3.63, 3.8) is 0 Å². The molecule has 4 unspecified atom stereocenters. The van der Waals surface area contributed by atoms with Gasteiger partial charge in [0.2, 0.25) is 0 Å². The first kappa shape index (κ1) is 92.1. The number of hydrogen-bond donors (Lipinski definition) is 3. The number of ether oxygens (including phenoxy) is 4. The Kier molecular flexibility index (Phi) is 64.3. The lowest BCUT2D eigenvalue weighted by molar-refractivity contribution is -0.161. The second-order valence-corrected chi connectivity index (χ2v) is 30.9. The fraction of sp³-hybridized carbons (Fsp3) is 0.947. The van der Waals surface area contributed by atoms with E-state index in [1.807, 2.05) is 0 Å². The minimum absolute atomic E-state index is 0.103. The van der Waals surface area contributed by atoms with Crippen LogP contribution in [-0.4, -0.2) is 96.7 Å². The maximum Gasteiger partial charge on any atom is 0.472 e. The Morgan fingerprint density at radius 3 is 0.809 bits per heavy atom. The number of carbonyl (C=O) groups excluding carboxylic acids is 4. The van der Waals surface area contributed by atoms with Gasteiger partial charge in [0.05, 0.1) is 26.4 Å². The third kappa shape index (κ3) is 66.0. The Bertz CT molecular complexity index is 1840. The lowest BCUT2D eigenvalue weighted by atomic mass is 9.99. The summed E-state index contributed by atoms with van der Waals surface area (Å²) in [6, 6.07) is 0. The average Bonchev–Trinajstić information content (AvgIpc) is 1.39. The van der Waals surface area contributed by atoms with Gasteiger partial charge in [-0.2, -0.15) is 0 Å². The fourth-order valence-corrected chi connectivity index (χ4v) is 12.9. The molecule has 0 aromatic heterocycles. The minimum atomic E-state index is -4.96. The van der Waals surface area contributed by atoms with Gasteiger partial charge in [-0.25, -0.2) is 9.13 Å². The Morgan fingerprint density at radius 2 is 0.543 bits per heavy atom. The summed E-state index contributed by atoms with van der Waals surface area (Å²) in [6.45, 7) is 11.9. The molecule has 0 saturated carbocycles. The van der Waals surface area contributed by atoms with Crippen molar-refractivity contribution in [3.8, 4) is 0 Å². The summed E-state index contributed by atoms with van der Waals surface area (Å²) in [4.78, 5) is 72.7. The standard InChI is InChI=1S/C75H146O17P2/c1-8-11-12-13-14-15-29-34-42-49-56-72(77)86-63-71(92-75(80)59-52-45-38-37-41-48-55-68(7)10-3)65-90-94(83,84)88-61-69(76)60-87-93(81,82)89-64-70(62-85-73(78)57-50-43-35-30-25-22-18-19-23-27-32-39-46-53-66(4)5)91-74(79)58-51-44-36-31-26-21-17-16-20-24-28-33-40-47-54-67(6)9-2/h66-71,76H,8-65H2,1-7H3,(H,81,82)(H,83,84)/t67?,68?,69-,70-,71-/m1/s1. The molecule has 0 aliphatic rings. The minimum Gasteiger partial charge on any atom is -0.462 e. The molecule has 0 fully saturated rings. The van der Waals surface area contributed by atoms with Crippen molar-refractivity contribution in [1.82, 2.24) is 0 Å².